The topological polar surface area (TPSA) is 63.7 Å². The summed E-state index contributed by atoms with van der Waals surface area (Å²) in [5.74, 6) is -1.32. The monoisotopic (exact) mass is 421 g/mol. The molecule has 5 nitrogen and oxygen atoms in total. The minimum absolute atomic E-state index is 0.0701. The maximum absolute atomic E-state index is 12.2. The molecule has 1 aliphatic rings. The SMILES string of the molecule is O=C(COC(=O)[C@H]1CC(=O)N(Cc2ccccc2)C1)c1ccc(Br)s1. The van der Waals surface area contributed by atoms with Crippen molar-refractivity contribution < 1.29 is 19.1 Å². The van der Waals surface area contributed by atoms with E-state index in [9.17, 15) is 14.4 Å². The van der Waals surface area contributed by atoms with E-state index in [0.29, 0.717) is 18.0 Å². The van der Waals surface area contributed by atoms with Crippen molar-refractivity contribution in [1.29, 1.82) is 0 Å². The number of thiophene rings is 1. The average molecular weight is 422 g/mol. The summed E-state index contributed by atoms with van der Waals surface area (Å²) in [6.07, 6.45) is 0.129. The molecule has 0 radical (unpaired) electrons. The lowest BCUT2D eigenvalue weighted by molar-refractivity contribution is -0.147. The average Bonchev–Trinajstić information content (AvgIpc) is 3.20. The van der Waals surface area contributed by atoms with Crippen molar-refractivity contribution in [2.24, 2.45) is 5.92 Å². The van der Waals surface area contributed by atoms with Gasteiger partial charge in [0.05, 0.1) is 14.6 Å². The van der Waals surface area contributed by atoms with Crippen LogP contribution in [0.2, 0.25) is 0 Å². The van der Waals surface area contributed by atoms with Crippen LogP contribution in [0.25, 0.3) is 0 Å². The Morgan fingerprint density at radius 1 is 1.20 bits per heavy atom. The zero-order valence-corrected chi connectivity index (χ0v) is 15.7. The third kappa shape index (κ3) is 4.55. The maximum Gasteiger partial charge on any atom is 0.311 e. The Morgan fingerprint density at radius 3 is 2.64 bits per heavy atom. The molecule has 2 aromatic rings. The summed E-state index contributed by atoms with van der Waals surface area (Å²) in [6.45, 7) is 0.506. The number of esters is 1. The Kier molecular flexibility index (Phi) is 5.65. The highest BCUT2D eigenvalue weighted by atomic mass is 79.9. The van der Waals surface area contributed by atoms with E-state index in [1.807, 2.05) is 30.3 Å². The Bertz CT molecular complexity index is 789. The smallest absolute Gasteiger partial charge is 0.311 e. The molecule has 1 fully saturated rings. The van der Waals surface area contributed by atoms with E-state index >= 15 is 0 Å². The number of likely N-dealkylation sites (tertiary alicyclic amines) is 1. The molecule has 0 unspecified atom stereocenters. The fraction of sp³-hybridized carbons (Fsp3) is 0.278. The van der Waals surface area contributed by atoms with Crippen LogP contribution in [0.1, 0.15) is 21.7 Å². The second-order valence-corrected chi connectivity index (χ2v) is 8.26. The van der Waals surface area contributed by atoms with Crippen LogP contribution in [0.4, 0.5) is 0 Å². The predicted octanol–water partition coefficient (Wildman–Crippen LogP) is 3.29. The highest BCUT2D eigenvalue weighted by Gasteiger charge is 2.35. The molecular formula is C18H16BrNO4S. The second kappa shape index (κ2) is 7.93. The maximum atomic E-state index is 12.2. The Morgan fingerprint density at radius 2 is 1.96 bits per heavy atom. The summed E-state index contributed by atoms with van der Waals surface area (Å²) in [4.78, 5) is 38.4. The van der Waals surface area contributed by atoms with Crippen molar-refractivity contribution in [3.63, 3.8) is 0 Å². The molecular weight excluding hydrogens is 406 g/mol. The van der Waals surface area contributed by atoms with Crippen molar-refractivity contribution in [2.45, 2.75) is 13.0 Å². The lowest BCUT2D eigenvalue weighted by atomic mass is 10.1. The van der Waals surface area contributed by atoms with E-state index in [2.05, 4.69) is 15.9 Å². The number of ketones is 1. The first kappa shape index (κ1) is 17.8. The number of nitrogens with zero attached hydrogens (tertiary/aromatic N) is 1. The molecule has 0 saturated carbocycles. The van der Waals surface area contributed by atoms with Gasteiger partial charge in [-0.05, 0) is 33.6 Å². The van der Waals surface area contributed by atoms with Gasteiger partial charge in [-0.1, -0.05) is 30.3 Å². The Balaban J connectivity index is 1.51. The highest BCUT2D eigenvalue weighted by molar-refractivity contribution is 9.11. The molecule has 3 rings (SSSR count). The second-order valence-electron chi connectivity index (χ2n) is 5.80. The number of halogens is 1. The number of ether oxygens (including phenoxy) is 1. The van der Waals surface area contributed by atoms with Crippen LogP contribution < -0.4 is 0 Å². The lowest BCUT2D eigenvalue weighted by Gasteiger charge is -2.16. The number of hydrogen-bond acceptors (Lipinski definition) is 5. The van der Waals surface area contributed by atoms with Gasteiger partial charge in [-0.2, -0.15) is 0 Å². The molecule has 130 valence electrons. The van der Waals surface area contributed by atoms with Crippen LogP contribution in [0.5, 0.6) is 0 Å². The fourth-order valence-corrected chi connectivity index (χ4v) is 3.99. The van der Waals surface area contributed by atoms with Crippen LogP contribution in [-0.4, -0.2) is 35.7 Å². The van der Waals surface area contributed by atoms with Gasteiger partial charge < -0.3 is 9.64 Å². The molecule has 0 spiro atoms. The fourth-order valence-electron chi connectivity index (χ4n) is 2.68. The Labute approximate surface area is 157 Å². The quantitative estimate of drug-likeness (QED) is 0.530. The summed E-state index contributed by atoms with van der Waals surface area (Å²) >= 11 is 4.59. The van der Waals surface area contributed by atoms with Crippen LogP contribution in [-0.2, 0) is 20.9 Å². The summed E-state index contributed by atoms with van der Waals surface area (Å²) in [5.41, 5.74) is 1.02. The summed E-state index contributed by atoms with van der Waals surface area (Å²) in [6, 6.07) is 13.1. The van der Waals surface area contributed by atoms with E-state index in [1.54, 1.807) is 17.0 Å². The zero-order chi connectivity index (χ0) is 17.8. The molecule has 0 bridgehead atoms. The molecule has 1 amide bonds. The molecule has 1 saturated heterocycles. The number of hydrogen-bond donors (Lipinski definition) is 0. The first-order chi connectivity index (χ1) is 12.0. The molecule has 7 heteroatoms. The molecule has 1 aromatic heterocycles. The highest BCUT2D eigenvalue weighted by Crippen LogP contribution is 2.24. The summed E-state index contributed by atoms with van der Waals surface area (Å²) in [7, 11) is 0. The van der Waals surface area contributed by atoms with E-state index < -0.39 is 11.9 Å². The first-order valence-electron chi connectivity index (χ1n) is 7.80. The number of carbonyl (C=O) groups excluding carboxylic acids is 3. The van der Waals surface area contributed by atoms with Crippen molar-refractivity contribution >= 4 is 44.9 Å². The van der Waals surface area contributed by atoms with Crippen LogP contribution in [0.3, 0.4) is 0 Å². The summed E-state index contributed by atoms with van der Waals surface area (Å²) in [5, 5.41) is 0. The van der Waals surface area contributed by atoms with Gasteiger partial charge in [0.25, 0.3) is 0 Å². The molecule has 1 aromatic carbocycles. The van der Waals surface area contributed by atoms with Gasteiger partial charge in [-0.25, -0.2) is 0 Å². The van der Waals surface area contributed by atoms with Gasteiger partial charge in [0.1, 0.15) is 0 Å². The molecule has 25 heavy (non-hydrogen) atoms. The van der Waals surface area contributed by atoms with Gasteiger partial charge in [-0.3, -0.25) is 14.4 Å². The predicted molar refractivity (Wildman–Crippen MR) is 97.3 cm³/mol. The van der Waals surface area contributed by atoms with Crippen LogP contribution in [0, 0.1) is 5.92 Å². The van der Waals surface area contributed by atoms with E-state index in [-0.39, 0.29) is 24.7 Å². The third-order valence-corrected chi connectivity index (χ3v) is 5.62. The van der Waals surface area contributed by atoms with E-state index in [4.69, 9.17) is 4.74 Å². The number of carbonyl (C=O) groups is 3. The van der Waals surface area contributed by atoms with Crippen LogP contribution >= 0.6 is 27.3 Å². The number of amides is 1. The Hall–Kier alpha value is -1.99. The summed E-state index contributed by atoms with van der Waals surface area (Å²) < 4.78 is 5.97. The normalized spacial score (nSPS) is 16.9. The third-order valence-electron chi connectivity index (χ3n) is 3.96. The van der Waals surface area contributed by atoms with Gasteiger partial charge in [0.15, 0.2) is 6.61 Å². The van der Waals surface area contributed by atoms with Gasteiger partial charge >= 0.3 is 5.97 Å². The number of benzene rings is 1. The van der Waals surface area contributed by atoms with Crippen LogP contribution in [0.15, 0.2) is 46.3 Å². The van der Waals surface area contributed by atoms with Gasteiger partial charge in [0, 0.05) is 19.5 Å². The van der Waals surface area contributed by atoms with Crippen molar-refractivity contribution in [3.05, 3.63) is 56.7 Å². The molecule has 1 aliphatic heterocycles. The van der Waals surface area contributed by atoms with E-state index in [1.165, 1.54) is 11.3 Å². The first-order valence-corrected chi connectivity index (χ1v) is 9.41. The zero-order valence-electron chi connectivity index (χ0n) is 13.3. The van der Waals surface area contributed by atoms with Crippen molar-refractivity contribution in [2.75, 3.05) is 13.2 Å². The lowest BCUT2D eigenvalue weighted by Crippen LogP contribution is -2.27. The molecule has 1 atom stereocenters. The van der Waals surface area contributed by atoms with Crippen molar-refractivity contribution in [1.82, 2.24) is 4.90 Å². The van der Waals surface area contributed by atoms with Gasteiger partial charge in [-0.15, -0.1) is 11.3 Å². The number of rotatable bonds is 6. The van der Waals surface area contributed by atoms with Crippen molar-refractivity contribution in [3.8, 4) is 0 Å². The standard InChI is InChI=1S/C18H16BrNO4S/c19-16-7-6-15(25-16)14(21)11-24-18(23)13-8-17(22)20(10-13)9-12-4-2-1-3-5-12/h1-7,13H,8-11H2/t13-/m0/s1. The minimum atomic E-state index is -0.515. The molecule has 0 aliphatic carbocycles. The molecule has 0 N–H and O–H groups in total. The molecule has 2 heterocycles. The number of Topliss-reactive ketones (excluding diaryl/α,β-unsaturated/α-hetero) is 1. The van der Waals surface area contributed by atoms with Gasteiger partial charge in [0.2, 0.25) is 11.7 Å². The van der Waals surface area contributed by atoms with E-state index in [0.717, 1.165) is 9.35 Å². The minimum Gasteiger partial charge on any atom is -0.457 e. The largest absolute Gasteiger partial charge is 0.457 e.